The van der Waals surface area contributed by atoms with Gasteiger partial charge in [0.2, 0.25) is 0 Å². The molecule has 1 rings (SSSR count). The van der Waals surface area contributed by atoms with Gasteiger partial charge in [-0.2, -0.15) is 0 Å². The molecule has 1 aliphatic heterocycles. The summed E-state index contributed by atoms with van der Waals surface area (Å²) in [4.78, 5) is 13.8. The zero-order valence-corrected chi connectivity index (χ0v) is 12.0. The predicted molar refractivity (Wildman–Crippen MR) is 71.2 cm³/mol. The molecule has 0 bridgehead atoms. The lowest BCUT2D eigenvalue weighted by Gasteiger charge is -2.24. The van der Waals surface area contributed by atoms with Gasteiger partial charge in [0.15, 0.2) is 0 Å². The zero-order valence-electron chi connectivity index (χ0n) is 11.2. The molecule has 0 radical (unpaired) electrons. The molecule has 0 aromatic carbocycles. The van der Waals surface area contributed by atoms with Crippen molar-refractivity contribution in [3.8, 4) is 0 Å². The number of halogens is 1. The Morgan fingerprint density at radius 2 is 2.06 bits per heavy atom. The molecule has 2 atom stereocenters. The Bertz CT molecular complexity index is 249. The number of nitrogens with zero attached hydrogens (tertiary/aromatic N) is 1. The Hall–Kier alpha value is -0.320. The molecule has 4 nitrogen and oxygen atoms in total. The summed E-state index contributed by atoms with van der Waals surface area (Å²) < 4.78 is 4.79. The van der Waals surface area contributed by atoms with E-state index in [-0.39, 0.29) is 24.4 Å². The van der Waals surface area contributed by atoms with Crippen LogP contribution >= 0.6 is 12.4 Å². The Labute approximate surface area is 110 Å². The second-order valence-electron chi connectivity index (χ2n) is 5.53. The van der Waals surface area contributed by atoms with Crippen molar-refractivity contribution in [2.45, 2.75) is 33.2 Å². The maximum Gasteiger partial charge on any atom is 0.311 e. The van der Waals surface area contributed by atoms with Crippen molar-refractivity contribution in [1.29, 1.82) is 0 Å². The molecule has 17 heavy (non-hydrogen) atoms. The Morgan fingerprint density at radius 1 is 1.47 bits per heavy atom. The van der Waals surface area contributed by atoms with Gasteiger partial charge in [0, 0.05) is 19.1 Å². The average molecular weight is 265 g/mol. The third-order valence-electron chi connectivity index (χ3n) is 3.54. The molecule has 1 fully saturated rings. The fourth-order valence-corrected chi connectivity index (χ4v) is 2.09. The van der Waals surface area contributed by atoms with Crippen LogP contribution in [0.4, 0.5) is 0 Å². The van der Waals surface area contributed by atoms with Crippen molar-refractivity contribution in [3.63, 3.8) is 0 Å². The van der Waals surface area contributed by atoms with E-state index in [0.717, 1.165) is 26.1 Å². The number of ether oxygens (including phenoxy) is 1. The summed E-state index contributed by atoms with van der Waals surface area (Å²) in [6, 6.07) is 0.279. The van der Waals surface area contributed by atoms with E-state index < -0.39 is 5.41 Å². The number of carbonyl (C=O) groups is 1. The lowest BCUT2D eigenvalue weighted by molar-refractivity contribution is -0.151. The fraction of sp³-hybridized carbons (Fsp3) is 0.917. The minimum Gasteiger partial charge on any atom is -0.469 e. The van der Waals surface area contributed by atoms with Gasteiger partial charge in [0.1, 0.15) is 0 Å². The van der Waals surface area contributed by atoms with Gasteiger partial charge in [-0.1, -0.05) is 6.92 Å². The highest BCUT2D eigenvalue weighted by Crippen LogP contribution is 2.24. The molecule has 102 valence electrons. The summed E-state index contributed by atoms with van der Waals surface area (Å²) in [6.45, 7) is 8.93. The fourth-order valence-electron chi connectivity index (χ4n) is 2.09. The molecule has 0 saturated carbocycles. The molecule has 0 aromatic rings. The van der Waals surface area contributed by atoms with Crippen LogP contribution in [-0.4, -0.2) is 43.7 Å². The number of nitrogens with two attached hydrogens (primary N) is 1. The number of rotatable bonds is 4. The lowest BCUT2D eigenvalue weighted by atomic mass is 9.89. The normalized spacial score (nSPS) is 25.5. The highest BCUT2D eigenvalue weighted by Gasteiger charge is 2.32. The van der Waals surface area contributed by atoms with Crippen LogP contribution in [0, 0.1) is 11.3 Å². The molecule has 0 spiro atoms. The molecule has 1 heterocycles. The summed E-state index contributed by atoms with van der Waals surface area (Å²) in [5.74, 6) is 0.422. The molecule has 2 N–H and O–H groups in total. The summed E-state index contributed by atoms with van der Waals surface area (Å²) in [6.07, 6.45) is 0.819. The second kappa shape index (κ2) is 6.57. The molecule has 1 saturated heterocycles. The standard InChI is InChI=1S/C12H24N2O2.ClH/c1-9-7-14(8-10(9)13)6-5-12(2,3)11(15)16-4;/h9-10H,5-8,13H2,1-4H3;1H. The van der Waals surface area contributed by atoms with E-state index in [1.807, 2.05) is 13.8 Å². The highest BCUT2D eigenvalue weighted by atomic mass is 35.5. The van der Waals surface area contributed by atoms with Gasteiger partial charge >= 0.3 is 5.97 Å². The van der Waals surface area contributed by atoms with Crippen LogP contribution in [0.1, 0.15) is 27.2 Å². The SMILES string of the molecule is COC(=O)C(C)(C)CCN1CC(C)C(N)C1.Cl. The molecule has 0 aromatic heterocycles. The van der Waals surface area contributed by atoms with Crippen LogP contribution in [0.5, 0.6) is 0 Å². The van der Waals surface area contributed by atoms with Crippen molar-refractivity contribution >= 4 is 18.4 Å². The first kappa shape index (κ1) is 16.7. The summed E-state index contributed by atoms with van der Waals surface area (Å²) in [7, 11) is 1.44. The lowest BCUT2D eigenvalue weighted by Crippen LogP contribution is -2.33. The topological polar surface area (TPSA) is 55.6 Å². The maximum atomic E-state index is 11.5. The quantitative estimate of drug-likeness (QED) is 0.777. The Kier molecular flexibility index (Phi) is 6.45. The second-order valence-corrected chi connectivity index (χ2v) is 5.53. The number of carbonyl (C=O) groups excluding carboxylic acids is 1. The van der Waals surface area contributed by atoms with Gasteiger partial charge in [-0.25, -0.2) is 0 Å². The number of hydrogen-bond donors (Lipinski definition) is 1. The average Bonchev–Trinajstić information content (AvgIpc) is 2.54. The van der Waals surface area contributed by atoms with Crippen LogP contribution in [0.25, 0.3) is 0 Å². The first-order valence-electron chi connectivity index (χ1n) is 5.93. The van der Waals surface area contributed by atoms with Crippen LogP contribution in [0.15, 0.2) is 0 Å². The predicted octanol–water partition coefficient (Wildman–Crippen LogP) is 1.28. The summed E-state index contributed by atoms with van der Waals surface area (Å²) in [5.41, 5.74) is 5.56. The van der Waals surface area contributed by atoms with E-state index in [9.17, 15) is 4.79 Å². The summed E-state index contributed by atoms with van der Waals surface area (Å²) >= 11 is 0. The van der Waals surface area contributed by atoms with Crippen molar-refractivity contribution < 1.29 is 9.53 Å². The monoisotopic (exact) mass is 264 g/mol. The van der Waals surface area contributed by atoms with Crippen molar-refractivity contribution in [2.75, 3.05) is 26.7 Å². The number of methoxy groups -OCH3 is 1. The van der Waals surface area contributed by atoms with Gasteiger partial charge in [0.25, 0.3) is 0 Å². The van der Waals surface area contributed by atoms with Gasteiger partial charge in [-0.3, -0.25) is 4.79 Å². The molecule has 0 amide bonds. The van der Waals surface area contributed by atoms with Crippen LogP contribution in [-0.2, 0) is 9.53 Å². The minimum absolute atomic E-state index is 0. The van der Waals surface area contributed by atoms with E-state index in [4.69, 9.17) is 10.5 Å². The number of hydrogen-bond acceptors (Lipinski definition) is 4. The van der Waals surface area contributed by atoms with E-state index in [1.54, 1.807) is 0 Å². The molecule has 5 heteroatoms. The van der Waals surface area contributed by atoms with Crippen molar-refractivity contribution in [3.05, 3.63) is 0 Å². The molecule has 0 aliphatic carbocycles. The third-order valence-corrected chi connectivity index (χ3v) is 3.54. The van der Waals surface area contributed by atoms with Gasteiger partial charge in [0.05, 0.1) is 12.5 Å². The van der Waals surface area contributed by atoms with E-state index in [0.29, 0.717) is 5.92 Å². The van der Waals surface area contributed by atoms with Crippen LogP contribution in [0.3, 0.4) is 0 Å². The third kappa shape index (κ3) is 4.45. The van der Waals surface area contributed by atoms with E-state index in [1.165, 1.54) is 7.11 Å². The smallest absolute Gasteiger partial charge is 0.311 e. The van der Waals surface area contributed by atoms with Gasteiger partial charge in [-0.05, 0) is 32.7 Å². The highest BCUT2D eigenvalue weighted by molar-refractivity contribution is 5.85. The molecule has 2 unspecified atom stereocenters. The summed E-state index contributed by atoms with van der Waals surface area (Å²) in [5, 5.41) is 0. The van der Waals surface area contributed by atoms with Crippen molar-refractivity contribution in [1.82, 2.24) is 4.90 Å². The van der Waals surface area contributed by atoms with Crippen LogP contribution in [0.2, 0.25) is 0 Å². The van der Waals surface area contributed by atoms with Crippen molar-refractivity contribution in [2.24, 2.45) is 17.1 Å². The van der Waals surface area contributed by atoms with E-state index >= 15 is 0 Å². The Morgan fingerprint density at radius 3 is 2.47 bits per heavy atom. The largest absolute Gasteiger partial charge is 0.469 e. The van der Waals surface area contributed by atoms with Gasteiger partial charge < -0.3 is 15.4 Å². The minimum atomic E-state index is -0.398. The molecular formula is C12H25ClN2O2. The number of likely N-dealkylation sites (tertiary alicyclic amines) is 1. The Balaban J connectivity index is 0.00000256. The zero-order chi connectivity index (χ0) is 12.3. The van der Waals surface area contributed by atoms with E-state index in [2.05, 4.69) is 11.8 Å². The van der Waals surface area contributed by atoms with Crippen LogP contribution < -0.4 is 5.73 Å². The molecule has 1 aliphatic rings. The first-order valence-corrected chi connectivity index (χ1v) is 5.93. The maximum absolute atomic E-state index is 11.5. The first-order chi connectivity index (χ1) is 7.36. The van der Waals surface area contributed by atoms with Gasteiger partial charge in [-0.15, -0.1) is 12.4 Å². The number of esters is 1. The molecular weight excluding hydrogens is 240 g/mol.